The summed E-state index contributed by atoms with van der Waals surface area (Å²) in [6.07, 6.45) is 0. The third-order valence-electron chi connectivity index (χ3n) is 6.99. The fourth-order valence-electron chi connectivity index (χ4n) is 5.73. The molecule has 0 saturated heterocycles. The molecule has 0 spiro atoms. The lowest BCUT2D eigenvalue weighted by Crippen LogP contribution is -2.16. The molecular weight excluding hydrogens is 396 g/mol. The first-order valence-electron chi connectivity index (χ1n) is 10.8. The Labute approximate surface area is 185 Å². The van der Waals surface area contributed by atoms with Crippen molar-refractivity contribution in [1.29, 1.82) is 0 Å². The van der Waals surface area contributed by atoms with Crippen LogP contribution in [-0.4, -0.2) is 23.7 Å². The lowest BCUT2D eigenvalue weighted by atomic mass is 10.1. The molecule has 0 fully saturated rings. The molecule has 31 heavy (non-hydrogen) atoms. The van der Waals surface area contributed by atoms with Crippen molar-refractivity contribution in [2.24, 2.45) is 0 Å². The van der Waals surface area contributed by atoms with E-state index in [-0.39, 0.29) is 0 Å². The maximum Gasteiger partial charge on any atom is 0.126 e. The molecule has 6 rings (SSSR count). The summed E-state index contributed by atoms with van der Waals surface area (Å²) in [5.41, 5.74) is 12.0. The summed E-state index contributed by atoms with van der Waals surface area (Å²) in [5.74, 6) is 1.96. The van der Waals surface area contributed by atoms with E-state index in [1.807, 2.05) is 0 Å². The van der Waals surface area contributed by atoms with Crippen molar-refractivity contribution in [3.8, 4) is 33.8 Å². The number of methoxy groups -OCH3 is 2. The van der Waals surface area contributed by atoms with Gasteiger partial charge in [-0.2, -0.15) is 0 Å². The number of hydrogen-bond donors (Lipinski definition) is 0. The Kier molecular flexibility index (Phi) is 4.25. The van der Waals surface area contributed by atoms with Gasteiger partial charge < -0.3 is 9.47 Å². The van der Waals surface area contributed by atoms with E-state index in [2.05, 4.69) is 84.9 Å². The van der Waals surface area contributed by atoms with Gasteiger partial charge in [0.15, 0.2) is 0 Å². The molecule has 0 radical (unpaired) electrons. The lowest BCUT2D eigenvalue weighted by Gasteiger charge is -2.20. The average Bonchev–Trinajstić information content (AvgIpc) is 3.33. The van der Waals surface area contributed by atoms with Crippen LogP contribution in [0.4, 0.5) is 0 Å². The SMILES string of the molecule is COc1cccc2c1-c1ccccc1C2[SiH2]C1c2ccccc2-c2c(OC)cccc21. The molecule has 2 atom stereocenters. The van der Waals surface area contributed by atoms with Crippen molar-refractivity contribution in [3.05, 3.63) is 107 Å². The van der Waals surface area contributed by atoms with Gasteiger partial charge in [0, 0.05) is 20.6 Å². The van der Waals surface area contributed by atoms with E-state index in [9.17, 15) is 0 Å². The third kappa shape index (κ3) is 2.63. The molecule has 2 aliphatic rings. The highest BCUT2D eigenvalue weighted by Crippen LogP contribution is 2.53. The van der Waals surface area contributed by atoms with Gasteiger partial charge in [0.2, 0.25) is 0 Å². The highest BCUT2D eigenvalue weighted by Gasteiger charge is 2.37. The predicted octanol–water partition coefficient (Wildman–Crippen LogP) is 5.71. The van der Waals surface area contributed by atoms with Crippen LogP contribution >= 0.6 is 0 Å². The molecule has 0 saturated carbocycles. The molecule has 0 amide bonds. The van der Waals surface area contributed by atoms with Crippen LogP contribution in [0.2, 0.25) is 0 Å². The second-order valence-corrected chi connectivity index (χ2v) is 10.5. The zero-order valence-corrected chi connectivity index (χ0v) is 19.2. The highest BCUT2D eigenvalue weighted by atomic mass is 28.2. The fraction of sp³-hybridized carbons (Fsp3) is 0.143. The summed E-state index contributed by atoms with van der Waals surface area (Å²) in [5, 5.41) is 0. The van der Waals surface area contributed by atoms with Crippen LogP contribution in [-0.2, 0) is 0 Å². The first-order valence-corrected chi connectivity index (χ1v) is 12.5. The molecule has 0 heterocycles. The topological polar surface area (TPSA) is 18.5 Å². The van der Waals surface area contributed by atoms with Crippen LogP contribution in [0.1, 0.15) is 33.3 Å². The minimum atomic E-state index is -0.629. The number of benzene rings is 4. The molecule has 3 heteroatoms. The molecule has 2 nitrogen and oxygen atoms in total. The zero-order chi connectivity index (χ0) is 20.9. The monoisotopic (exact) mass is 420 g/mol. The molecule has 0 aromatic heterocycles. The molecular formula is C28H24O2Si. The van der Waals surface area contributed by atoms with Gasteiger partial charge in [-0.1, -0.05) is 72.8 Å². The summed E-state index contributed by atoms with van der Waals surface area (Å²) in [4.78, 5) is 0. The predicted molar refractivity (Wildman–Crippen MR) is 129 cm³/mol. The van der Waals surface area contributed by atoms with Gasteiger partial charge >= 0.3 is 0 Å². The number of fused-ring (bicyclic) bond motifs is 6. The maximum absolute atomic E-state index is 5.77. The highest BCUT2D eigenvalue weighted by molar-refractivity contribution is 6.44. The Hall–Kier alpha value is -3.30. The van der Waals surface area contributed by atoms with Crippen LogP contribution in [0.5, 0.6) is 11.5 Å². The Balaban J connectivity index is 1.52. The third-order valence-corrected chi connectivity index (χ3v) is 9.69. The van der Waals surface area contributed by atoms with Gasteiger partial charge in [-0.15, -0.1) is 0 Å². The minimum Gasteiger partial charge on any atom is -0.496 e. The van der Waals surface area contributed by atoms with Crippen molar-refractivity contribution < 1.29 is 9.47 Å². The standard InChI is InChI=1S/C28H24O2Si/c1-29-23-15-7-13-21-25(23)17-9-3-5-11-19(17)27(21)31-28-20-12-6-4-10-18(20)26-22(28)14-8-16-24(26)30-2/h3-16,27-28H,31H2,1-2H3. The van der Waals surface area contributed by atoms with E-state index in [1.54, 1.807) is 14.2 Å². The molecule has 152 valence electrons. The van der Waals surface area contributed by atoms with E-state index in [0.29, 0.717) is 11.1 Å². The van der Waals surface area contributed by atoms with Crippen LogP contribution in [0.25, 0.3) is 22.3 Å². The first kappa shape index (κ1) is 18.5. The smallest absolute Gasteiger partial charge is 0.126 e. The van der Waals surface area contributed by atoms with Crippen molar-refractivity contribution >= 4 is 9.52 Å². The minimum absolute atomic E-state index is 0.469. The molecule has 2 aliphatic carbocycles. The fourth-order valence-corrected chi connectivity index (χ4v) is 8.61. The van der Waals surface area contributed by atoms with Gasteiger partial charge in [-0.3, -0.25) is 0 Å². The number of hydrogen-bond acceptors (Lipinski definition) is 2. The maximum atomic E-state index is 5.77. The van der Waals surface area contributed by atoms with E-state index >= 15 is 0 Å². The molecule has 4 aromatic rings. The van der Waals surface area contributed by atoms with Crippen LogP contribution < -0.4 is 9.47 Å². The lowest BCUT2D eigenvalue weighted by molar-refractivity contribution is 0.416. The van der Waals surface area contributed by atoms with Crippen molar-refractivity contribution in [1.82, 2.24) is 0 Å². The van der Waals surface area contributed by atoms with Crippen molar-refractivity contribution in [2.75, 3.05) is 14.2 Å². The summed E-state index contributed by atoms with van der Waals surface area (Å²) < 4.78 is 11.5. The Morgan fingerprint density at radius 2 is 0.935 bits per heavy atom. The van der Waals surface area contributed by atoms with E-state index < -0.39 is 9.52 Å². The summed E-state index contributed by atoms with van der Waals surface area (Å²) in [6, 6.07) is 30.9. The van der Waals surface area contributed by atoms with Crippen molar-refractivity contribution in [3.63, 3.8) is 0 Å². The molecule has 4 aromatic carbocycles. The normalized spacial score (nSPS) is 17.9. The Morgan fingerprint density at radius 3 is 1.39 bits per heavy atom. The average molecular weight is 421 g/mol. The van der Waals surface area contributed by atoms with Crippen LogP contribution in [0, 0.1) is 0 Å². The van der Waals surface area contributed by atoms with Gasteiger partial charge in [-0.25, -0.2) is 0 Å². The van der Waals surface area contributed by atoms with E-state index in [4.69, 9.17) is 9.47 Å². The molecule has 0 N–H and O–H groups in total. The van der Waals surface area contributed by atoms with Gasteiger partial charge in [-0.05, 0) is 56.6 Å². The molecule has 0 aliphatic heterocycles. The van der Waals surface area contributed by atoms with Crippen LogP contribution in [0.15, 0.2) is 84.9 Å². The Bertz CT molecular complexity index is 1210. The second-order valence-electron chi connectivity index (χ2n) is 8.36. The van der Waals surface area contributed by atoms with Crippen LogP contribution in [0.3, 0.4) is 0 Å². The van der Waals surface area contributed by atoms with Gasteiger partial charge in [0.05, 0.1) is 14.2 Å². The Morgan fingerprint density at radius 1 is 0.516 bits per heavy atom. The summed E-state index contributed by atoms with van der Waals surface area (Å²) >= 11 is 0. The van der Waals surface area contributed by atoms with E-state index in [1.165, 1.54) is 44.5 Å². The van der Waals surface area contributed by atoms with Gasteiger partial charge in [0.25, 0.3) is 0 Å². The van der Waals surface area contributed by atoms with Gasteiger partial charge in [0.1, 0.15) is 11.5 Å². The molecule has 0 bridgehead atoms. The quantitative estimate of drug-likeness (QED) is 0.394. The van der Waals surface area contributed by atoms with E-state index in [0.717, 1.165) is 11.5 Å². The first-order chi connectivity index (χ1) is 15.3. The summed E-state index contributed by atoms with van der Waals surface area (Å²) in [7, 11) is 2.92. The van der Waals surface area contributed by atoms with Crippen molar-refractivity contribution in [2.45, 2.75) is 11.1 Å². The number of rotatable bonds is 4. The second kappa shape index (κ2) is 7.14. The zero-order valence-electron chi connectivity index (χ0n) is 17.8. The largest absolute Gasteiger partial charge is 0.496 e. The summed E-state index contributed by atoms with van der Waals surface area (Å²) in [6.45, 7) is 0. The molecule has 2 unspecified atom stereocenters. The number of ether oxygens (including phenoxy) is 2.